The van der Waals surface area contributed by atoms with Gasteiger partial charge in [0, 0.05) is 7.05 Å². The molecule has 0 saturated heterocycles. The van der Waals surface area contributed by atoms with Gasteiger partial charge in [-0.05, 0) is 37.6 Å². The van der Waals surface area contributed by atoms with Crippen LogP contribution < -0.4 is 4.72 Å². The summed E-state index contributed by atoms with van der Waals surface area (Å²) in [5.41, 5.74) is 0.421. The molecule has 0 aliphatic rings. The van der Waals surface area contributed by atoms with E-state index in [4.69, 9.17) is 5.11 Å². The van der Waals surface area contributed by atoms with Crippen molar-refractivity contribution in [1.82, 2.24) is 9.78 Å². The Hall–Kier alpha value is -2.55. The van der Waals surface area contributed by atoms with Crippen LogP contribution in [0.2, 0.25) is 0 Å². The Morgan fingerprint density at radius 3 is 2.50 bits per heavy atom. The van der Waals surface area contributed by atoms with Crippen LogP contribution in [0, 0.1) is 13.8 Å². The number of aromatic carboxylic acids is 1. The van der Waals surface area contributed by atoms with Gasteiger partial charge in [-0.1, -0.05) is 0 Å². The van der Waals surface area contributed by atoms with Crippen LogP contribution in [-0.2, 0) is 17.1 Å². The molecular formula is C13H15N3O5S. The predicted molar refractivity (Wildman–Crippen MR) is 78.6 cm³/mol. The van der Waals surface area contributed by atoms with Crippen molar-refractivity contribution in [2.45, 2.75) is 18.7 Å². The molecule has 0 unspecified atom stereocenters. The van der Waals surface area contributed by atoms with E-state index in [1.54, 1.807) is 6.92 Å². The van der Waals surface area contributed by atoms with Gasteiger partial charge in [0.2, 0.25) is 0 Å². The van der Waals surface area contributed by atoms with Gasteiger partial charge in [-0.15, -0.1) is 0 Å². The van der Waals surface area contributed by atoms with Crippen molar-refractivity contribution in [3.05, 3.63) is 35.2 Å². The van der Waals surface area contributed by atoms with E-state index in [0.717, 1.165) is 0 Å². The van der Waals surface area contributed by atoms with E-state index in [-0.39, 0.29) is 22.0 Å². The highest BCUT2D eigenvalue weighted by atomic mass is 32.2. The van der Waals surface area contributed by atoms with Crippen LogP contribution in [0.3, 0.4) is 0 Å². The van der Waals surface area contributed by atoms with Gasteiger partial charge in [0.25, 0.3) is 10.0 Å². The maximum Gasteiger partial charge on any atom is 0.357 e. The van der Waals surface area contributed by atoms with E-state index in [1.165, 1.54) is 36.9 Å². The number of hydrogen-bond acceptors (Lipinski definition) is 5. The quantitative estimate of drug-likeness (QED) is 0.727. The molecule has 0 fully saturated rings. The van der Waals surface area contributed by atoms with Gasteiger partial charge in [0.1, 0.15) is 10.6 Å². The Bertz CT molecular complexity index is 855. The first-order valence-electron chi connectivity index (χ1n) is 6.23. The summed E-state index contributed by atoms with van der Waals surface area (Å²) in [6.07, 6.45) is 0. The van der Waals surface area contributed by atoms with Crippen LogP contribution in [0.1, 0.15) is 21.7 Å². The molecule has 9 heteroatoms. The lowest BCUT2D eigenvalue weighted by Gasteiger charge is -2.11. The summed E-state index contributed by atoms with van der Waals surface area (Å²) in [6.45, 7) is 3.09. The molecule has 0 saturated carbocycles. The number of carbonyl (C=O) groups is 1. The molecule has 0 aliphatic heterocycles. The highest BCUT2D eigenvalue weighted by Gasteiger charge is 2.30. The number of phenols is 1. The molecule has 0 amide bonds. The van der Waals surface area contributed by atoms with Crippen molar-refractivity contribution in [3.8, 4) is 5.75 Å². The van der Waals surface area contributed by atoms with Gasteiger partial charge in [-0.2, -0.15) is 5.10 Å². The molecule has 0 atom stereocenters. The van der Waals surface area contributed by atoms with E-state index in [1.807, 2.05) is 0 Å². The molecule has 2 rings (SSSR count). The van der Waals surface area contributed by atoms with E-state index in [0.29, 0.717) is 5.56 Å². The number of nitrogens with one attached hydrogen (secondary N) is 1. The third-order valence-electron chi connectivity index (χ3n) is 3.20. The Balaban J connectivity index is 2.54. The fraction of sp³-hybridized carbons (Fsp3) is 0.231. The van der Waals surface area contributed by atoms with Gasteiger partial charge in [0.05, 0.1) is 11.4 Å². The average molecular weight is 325 g/mol. The number of anilines is 1. The smallest absolute Gasteiger partial charge is 0.357 e. The Morgan fingerprint density at radius 1 is 1.32 bits per heavy atom. The molecule has 3 N–H and O–H groups in total. The van der Waals surface area contributed by atoms with Gasteiger partial charge in [-0.3, -0.25) is 9.40 Å². The van der Waals surface area contributed by atoms with Crippen LogP contribution in [0.25, 0.3) is 0 Å². The van der Waals surface area contributed by atoms with Crippen molar-refractivity contribution < 1.29 is 23.4 Å². The predicted octanol–water partition coefficient (Wildman–Crippen LogP) is 1.24. The zero-order valence-electron chi connectivity index (χ0n) is 12.2. The minimum absolute atomic E-state index is 0.00392. The molecule has 8 nitrogen and oxygen atoms in total. The zero-order chi connectivity index (χ0) is 16.7. The molecule has 0 spiro atoms. The molecule has 1 heterocycles. The van der Waals surface area contributed by atoms with Crippen molar-refractivity contribution >= 4 is 21.7 Å². The number of hydrogen-bond donors (Lipinski definition) is 3. The third-order valence-corrected chi connectivity index (χ3v) is 4.72. The van der Waals surface area contributed by atoms with Crippen LogP contribution in [0.15, 0.2) is 23.1 Å². The Labute approximate surface area is 127 Å². The maximum atomic E-state index is 12.5. The lowest BCUT2D eigenvalue weighted by atomic mass is 10.2. The van der Waals surface area contributed by atoms with Crippen LogP contribution in [0.4, 0.5) is 5.69 Å². The summed E-state index contributed by atoms with van der Waals surface area (Å²) >= 11 is 0. The number of rotatable bonds is 4. The Kier molecular flexibility index (Phi) is 3.84. The Morgan fingerprint density at radius 2 is 1.95 bits per heavy atom. The number of nitrogens with zero attached hydrogens (tertiary/aromatic N) is 2. The molecular weight excluding hydrogens is 310 g/mol. The minimum atomic E-state index is -4.13. The normalized spacial score (nSPS) is 11.4. The van der Waals surface area contributed by atoms with Crippen molar-refractivity contribution in [1.29, 1.82) is 0 Å². The standard InChI is InChI=1S/C13H15N3O5S/c1-7-6-9(17)4-5-10(7)15-22(20,21)12-8(2)16(3)14-11(12)13(18)19/h4-6,15,17H,1-3H3,(H,18,19). The topological polar surface area (TPSA) is 122 Å². The number of aromatic hydroxyl groups is 1. The summed E-state index contributed by atoms with van der Waals surface area (Å²) in [7, 11) is -2.67. The van der Waals surface area contributed by atoms with Crippen molar-refractivity contribution in [3.63, 3.8) is 0 Å². The summed E-state index contributed by atoms with van der Waals surface area (Å²) < 4.78 is 28.5. The second kappa shape index (κ2) is 5.34. The fourth-order valence-corrected chi connectivity index (χ4v) is 3.53. The first kappa shape index (κ1) is 15.8. The number of sulfonamides is 1. The molecule has 1 aromatic carbocycles. The van der Waals surface area contributed by atoms with E-state index >= 15 is 0 Å². The molecule has 0 radical (unpaired) electrons. The SMILES string of the molecule is Cc1cc(O)ccc1NS(=O)(=O)c1c(C(=O)O)nn(C)c1C. The van der Waals surface area contributed by atoms with Gasteiger partial charge >= 0.3 is 5.97 Å². The number of benzene rings is 1. The number of phenolic OH excluding ortho intramolecular Hbond substituents is 1. The molecule has 118 valence electrons. The number of carboxylic acids is 1. The summed E-state index contributed by atoms with van der Waals surface area (Å²) in [5.74, 6) is -1.42. The van der Waals surface area contributed by atoms with E-state index in [9.17, 15) is 18.3 Å². The monoisotopic (exact) mass is 325 g/mol. The van der Waals surface area contributed by atoms with Crippen LogP contribution >= 0.6 is 0 Å². The first-order chi connectivity index (χ1) is 10.1. The van der Waals surface area contributed by atoms with Gasteiger partial charge < -0.3 is 10.2 Å². The minimum Gasteiger partial charge on any atom is -0.508 e. The second-order valence-corrected chi connectivity index (χ2v) is 6.42. The van der Waals surface area contributed by atoms with Gasteiger partial charge in [0.15, 0.2) is 5.69 Å². The summed E-state index contributed by atoms with van der Waals surface area (Å²) in [4.78, 5) is 10.8. The van der Waals surface area contributed by atoms with Gasteiger partial charge in [-0.25, -0.2) is 13.2 Å². The summed E-state index contributed by atoms with van der Waals surface area (Å²) in [5, 5.41) is 22.2. The number of aryl methyl sites for hydroxylation is 2. The largest absolute Gasteiger partial charge is 0.508 e. The second-order valence-electron chi connectivity index (χ2n) is 4.80. The fourth-order valence-electron chi connectivity index (χ4n) is 2.01. The first-order valence-corrected chi connectivity index (χ1v) is 7.71. The lowest BCUT2D eigenvalue weighted by Crippen LogP contribution is -2.17. The van der Waals surface area contributed by atoms with Crippen LogP contribution in [0.5, 0.6) is 5.75 Å². The number of carboxylic acid groups (broad SMARTS) is 1. The highest BCUT2D eigenvalue weighted by molar-refractivity contribution is 7.92. The molecule has 1 aromatic heterocycles. The zero-order valence-corrected chi connectivity index (χ0v) is 13.0. The van der Waals surface area contributed by atoms with E-state index < -0.39 is 21.7 Å². The van der Waals surface area contributed by atoms with Crippen molar-refractivity contribution in [2.24, 2.45) is 7.05 Å². The summed E-state index contributed by atoms with van der Waals surface area (Å²) in [6, 6.07) is 4.12. The molecule has 0 bridgehead atoms. The lowest BCUT2D eigenvalue weighted by molar-refractivity contribution is 0.0685. The van der Waals surface area contributed by atoms with Crippen molar-refractivity contribution in [2.75, 3.05) is 4.72 Å². The maximum absolute atomic E-state index is 12.5. The average Bonchev–Trinajstić information content (AvgIpc) is 2.70. The van der Waals surface area contributed by atoms with Crippen LogP contribution in [-0.4, -0.2) is 34.4 Å². The molecule has 22 heavy (non-hydrogen) atoms. The third kappa shape index (κ3) is 2.75. The molecule has 2 aromatic rings. The number of aromatic nitrogens is 2. The highest BCUT2D eigenvalue weighted by Crippen LogP contribution is 2.26. The van der Waals surface area contributed by atoms with E-state index in [2.05, 4.69) is 9.82 Å². The molecule has 0 aliphatic carbocycles.